The fraction of sp³-hybridized carbons (Fsp3) is 0.333. The molecule has 0 bridgehead atoms. The molecule has 1 aromatic carbocycles. The molecule has 0 saturated carbocycles. The van der Waals surface area contributed by atoms with E-state index in [2.05, 4.69) is 28.0 Å². The molecule has 2 rings (SSSR count). The van der Waals surface area contributed by atoms with Gasteiger partial charge in [0, 0.05) is 17.4 Å². The van der Waals surface area contributed by atoms with Gasteiger partial charge in [0.05, 0.1) is 13.3 Å². The minimum absolute atomic E-state index is 0.0194. The van der Waals surface area contributed by atoms with E-state index in [1.807, 2.05) is 24.3 Å². The highest BCUT2D eigenvalue weighted by molar-refractivity contribution is 9.10. The van der Waals surface area contributed by atoms with Crippen molar-refractivity contribution >= 4 is 21.7 Å². The second-order valence-electron chi connectivity index (χ2n) is 4.51. The Morgan fingerprint density at radius 1 is 1.45 bits per heavy atom. The lowest BCUT2D eigenvalue weighted by Crippen LogP contribution is -2.13. The molecule has 0 spiro atoms. The molecule has 0 amide bonds. The van der Waals surface area contributed by atoms with Gasteiger partial charge in [0.1, 0.15) is 5.69 Å². The van der Waals surface area contributed by atoms with Gasteiger partial charge < -0.3 is 4.74 Å². The van der Waals surface area contributed by atoms with Crippen LogP contribution in [0, 0.1) is 0 Å². The fourth-order valence-corrected chi connectivity index (χ4v) is 2.54. The van der Waals surface area contributed by atoms with E-state index in [1.54, 1.807) is 18.0 Å². The van der Waals surface area contributed by atoms with Crippen molar-refractivity contribution in [2.75, 3.05) is 7.11 Å². The normalized spacial score (nSPS) is 10.6. The summed E-state index contributed by atoms with van der Waals surface area (Å²) >= 11 is 3.41. The number of methoxy groups -OCH3 is 1. The zero-order chi connectivity index (χ0) is 14.5. The highest BCUT2D eigenvalue weighted by Crippen LogP contribution is 2.21. The summed E-state index contributed by atoms with van der Waals surface area (Å²) in [6.07, 6.45) is 2.86. The second kappa shape index (κ2) is 6.70. The number of Topliss-reactive ketones (excluding diaryl/α,β-unsaturated/α-hetero) is 1. The monoisotopic (exact) mass is 336 g/mol. The minimum atomic E-state index is 0.0194. The Morgan fingerprint density at radius 3 is 2.90 bits per heavy atom. The predicted octanol–water partition coefficient (Wildman–Crippen LogP) is 3.49. The largest absolute Gasteiger partial charge is 0.493 e. The molecular weight excluding hydrogens is 320 g/mol. The Bertz CT molecular complexity index is 608. The maximum absolute atomic E-state index is 12.5. The van der Waals surface area contributed by atoms with E-state index in [0.29, 0.717) is 24.4 Å². The van der Waals surface area contributed by atoms with Crippen LogP contribution in [0.2, 0.25) is 0 Å². The Balaban J connectivity index is 2.26. The van der Waals surface area contributed by atoms with Gasteiger partial charge in [-0.15, -0.1) is 0 Å². The molecule has 0 saturated heterocycles. The number of ether oxygens (including phenoxy) is 1. The van der Waals surface area contributed by atoms with Crippen molar-refractivity contribution < 1.29 is 9.53 Å². The Hall–Kier alpha value is -1.62. The van der Waals surface area contributed by atoms with Crippen molar-refractivity contribution in [3.05, 3.63) is 46.2 Å². The van der Waals surface area contributed by atoms with Gasteiger partial charge in [-0.1, -0.05) is 35.0 Å². The molecule has 20 heavy (non-hydrogen) atoms. The first-order valence-electron chi connectivity index (χ1n) is 6.53. The first-order valence-corrected chi connectivity index (χ1v) is 7.32. The van der Waals surface area contributed by atoms with Crippen LogP contribution in [0.4, 0.5) is 0 Å². The molecule has 106 valence electrons. The van der Waals surface area contributed by atoms with Crippen molar-refractivity contribution in [1.29, 1.82) is 0 Å². The number of halogens is 1. The SMILES string of the molecule is CCCn1ncc(OC)c1C(=O)Cc1cccc(Br)c1. The molecule has 0 radical (unpaired) electrons. The molecule has 0 N–H and O–H groups in total. The van der Waals surface area contributed by atoms with E-state index in [-0.39, 0.29) is 5.78 Å². The number of carbonyl (C=O) groups excluding carboxylic acids is 1. The second-order valence-corrected chi connectivity index (χ2v) is 5.43. The maximum Gasteiger partial charge on any atom is 0.189 e. The van der Waals surface area contributed by atoms with E-state index in [4.69, 9.17) is 4.74 Å². The number of carbonyl (C=O) groups is 1. The van der Waals surface area contributed by atoms with Crippen LogP contribution in [0.25, 0.3) is 0 Å². The minimum Gasteiger partial charge on any atom is -0.493 e. The molecule has 4 nitrogen and oxygen atoms in total. The topological polar surface area (TPSA) is 44.1 Å². The standard InChI is InChI=1S/C15H17BrN2O2/c1-3-7-18-15(14(20-2)10-17-18)13(19)9-11-5-4-6-12(16)8-11/h4-6,8,10H,3,7,9H2,1-2H3. The number of aryl methyl sites for hydroxylation is 1. The lowest BCUT2D eigenvalue weighted by atomic mass is 10.1. The summed E-state index contributed by atoms with van der Waals surface area (Å²) in [5.41, 5.74) is 1.52. The van der Waals surface area contributed by atoms with E-state index in [1.165, 1.54) is 0 Å². The molecule has 2 aromatic rings. The lowest BCUT2D eigenvalue weighted by molar-refractivity contribution is 0.0979. The number of ketones is 1. The Kier molecular flexibility index (Phi) is 4.95. The number of hydrogen-bond acceptors (Lipinski definition) is 3. The predicted molar refractivity (Wildman–Crippen MR) is 81.2 cm³/mol. The number of nitrogens with zero attached hydrogens (tertiary/aromatic N) is 2. The van der Waals surface area contributed by atoms with Crippen molar-refractivity contribution in [3.63, 3.8) is 0 Å². The van der Waals surface area contributed by atoms with Gasteiger partial charge >= 0.3 is 0 Å². The summed E-state index contributed by atoms with van der Waals surface area (Å²) in [7, 11) is 1.56. The summed E-state index contributed by atoms with van der Waals surface area (Å²) < 4.78 is 7.93. The molecule has 5 heteroatoms. The number of aromatic nitrogens is 2. The maximum atomic E-state index is 12.5. The van der Waals surface area contributed by atoms with E-state index < -0.39 is 0 Å². The molecule has 1 heterocycles. The fourth-order valence-electron chi connectivity index (χ4n) is 2.10. The zero-order valence-electron chi connectivity index (χ0n) is 11.6. The molecule has 0 aliphatic heterocycles. The number of rotatable bonds is 6. The molecule has 0 atom stereocenters. The van der Waals surface area contributed by atoms with Crippen LogP contribution in [0.5, 0.6) is 5.75 Å². The van der Waals surface area contributed by atoms with E-state index in [0.717, 1.165) is 16.5 Å². The average Bonchev–Trinajstić information content (AvgIpc) is 2.82. The van der Waals surface area contributed by atoms with Crippen LogP contribution in [0.3, 0.4) is 0 Å². The van der Waals surface area contributed by atoms with Crippen LogP contribution in [0.1, 0.15) is 29.4 Å². The molecule has 0 aliphatic rings. The summed E-state index contributed by atoms with van der Waals surface area (Å²) in [5, 5.41) is 4.22. The molecule has 0 unspecified atom stereocenters. The summed E-state index contributed by atoms with van der Waals surface area (Å²) in [5.74, 6) is 0.560. The quantitative estimate of drug-likeness (QED) is 0.758. The van der Waals surface area contributed by atoms with Gasteiger partial charge in [-0.25, -0.2) is 0 Å². The first-order chi connectivity index (χ1) is 9.65. The first kappa shape index (κ1) is 14.8. The highest BCUT2D eigenvalue weighted by Gasteiger charge is 2.19. The van der Waals surface area contributed by atoms with Crippen LogP contribution in [-0.2, 0) is 13.0 Å². The van der Waals surface area contributed by atoms with Crippen LogP contribution < -0.4 is 4.74 Å². The van der Waals surface area contributed by atoms with Crippen LogP contribution in [0.15, 0.2) is 34.9 Å². The number of hydrogen-bond donors (Lipinski definition) is 0. The van der Waals surface area contributed by atoms with Gasteiger partial charge in [0.25, 0.3) is 0 Å². The van der Waals surface area contributed by atoms with Crippen molar-refractivity contribution in [1.82, 2.24) is 9.78 Å². The summed E-state index contributed by atoms with van der Waals surface area (Å²) in [6, 6.07) is 7.75. The molecule has 0 fully saturated rings. The third-order valence-electron chi connectivity index (χ3n) is 2.98. The van der Waals surface area contributed by atoms with Crippen molar-refractivity contribution in [2.45, 2.75) is 26.3 Å². The molecule has 1 aromatic heterocycles. The summed E-state index contributed by atoms with van der Waals surface area (Å²) in [4.78, 5) is 12.5. The third kappa shape index (κ3) is 3.28. The van der Waals surface area contributed by atoms with Gasteiger partial charge in [-0.05, 0) is 24.1 Å². The van der Waals surface area contributed by atoms with Gasteiger partial charge in [-0.2, -0.15) is 5.10 Å². The van der Waals surface area contributed by atoms with Crippen LogP contribution in [-0.4, -0.2) is 22.7 Å². The Morgan fingerprint density at radius 2 is 2.25 bits per heavy atom. The van der Waals surface area contributed by atoms with E-state index >= 15 is 0 Å². The average molecular weight is 337 g/mol. The van der Waals surface area contributed by atoms with E-state index in [9.17, 15) is 4.79 Å². The lowest BCUT2D eigenvalue weighted by Gasteiger charge is -2.07. The molecule has 0 aliphatic carbocycles. The smallest absolute Gasteiger partial charge is 0.189 e. The molecular formula is C15H17BrN2O2. The Labute approximate surface area is 126 Å². The third-order valence-corrected chi connectivity index (χ3v) is 3.47. The van der Waals surface area contributed by atoms with Gasteiger partial charge in [0.2, 0.25) is 0 Å². The number of benzene rings is 1. The summed E-state index contributed by atoms with van der Waals surface area (Å²) in [6.45, 7) is 2.76. The van der Waals surface area contributed by atoms with Gasteiger partial charge in [0.15, 0.2) is 11.5 Å². The van der Waals surface area contributed by atoms with Crippen LogP contribution >= 0.6 is 15.9 Å². The van der Waals surface area contributed by atoms with Crippen molar-refractivity contribution in [2.24, 2.45) is 0 Å². The van der Waals surface area contributed by atoms with Gasteiger partial charge in [-0.3, -0.25) is 9.48 Å². The zero-order valence-corrected chi connectivity index (χ0v) is 13.2. The highest BCUT2D eigenvalue weighted by atomic mass is 79.9. The van der Waals surface area contributed by atoms with Crippen molar-refractivity contribution in [3.8, 4) is 5.75 Å².